The Hall–Kier alpha value is -3.21. The zero-order valence-electron chi connectivity index (χ0n) is 15.5. The van der Waals surface area contributed by atoms with Crippen LogP contribution in [0.25, 0.3) is 17.2 Å². The number of rotatable bonds is 4. The molecular weight excluding hydrogens is 336 g/mol. The van der Waals surface area contributed by atoms with Crippen LogP contribution in [0.1, 0.15) is 22.3 Å². The van der Waals surface area contributed by atoms with E-state index in [-0.39, 0.29) is 11.9 Å². The van der Waals surface area contributed by atoms with E-state index in [4.69, 9.17) is 0 Å². The zero-order chi connectivity index (χ0) is 18.8. The van der Waals surface area contributed by atoms with E-state index < -0.39 is 0 Å². The highest BCUT2D eigenvalue weighted by Crippen LogP contribution is 2.24. The standard InChI is InChI=1S/C22H22N4O/c1-15-3-4-16-10-20(11-18(16)9-15)25-22(27)6-5-17-12-23-8-7-21(17)19-13-24-26(2)14-19/h3-9,12-14,20H,10-11H2,1-2H3,(H,25,27)/b6-5+. The van der Waals surface area contributed by atoms with Crippen molar-refractivity contribution in [1.29, 1.82) is 0 Å². The molecule has 1 aromatic carbocycles. The van der Waals surface area contributed by atoms with Crippen LogP contribution in [0.5, 0.6) is 0 Å². The number of aromatic nitrogens is 3. The van der Waals surface area contributed by atoms with Crippen LogP contribution in [0.3, 0.4) is 0 Å². The van der Waals surface area contributed by atoms with E-state index in [0.29, 0.717) is 0 Å². The molecular formula is C22H22N4O. The molecule has 0 spiro atoms. The molecule has 136 valence electrons. The van der Waals surface area contributed by atoms with E-state index >= 15 is 0 Å². The third kappa shape index (κ3) is 3.82. The second-order valence-corrected chi connectivity index (χ2v) is 7.08. The first kappa shape index (κ1) is 17.2. The van der Waals surface area contributed by atoms with Gasteiger partial charge >= 0.3 is 0 Å². The predicted octanol–water partition coefficient (Wildman–Crippen LogP) is 3.09. The highest BCUT2D eigenvalue weighted by molar-refractivity contribution is 5.93. The van der Waals surface area contributed by atoms with E-state index in [2.05, 4.69) is 40.5 Å². The number of aryl methyl sites for hydroxylation is 2. The average Bonchev–Trinajstić information content (AvgIpc) is 3.25. The Bertz CT molecular complexity index is 1020. The van der Waals surface area contributed by atoms with Crippen molar-refractivity contribution in [3.05, 3.63) is 77.4 Å². The number of fused-ring (bicyclic) bond motifs is 1. The number of pyridine rings is 1. The molecule has 1 aliphatic carbocycles. The van der Waals surface area contributed by atoms with Crippen molar-refractivity contribution in [2.45, 2.75) is 25.8 Å². The highest BCUT2D eigenvalue weighted by atomic mass is 16.1. The topological polar surface area (TPSA) is 59.8 Å². The van der Waals surface area contributed by atoms with Gasteiger partial charge in [-0.25, -0.2) is 0 Å². The van der Waals surface area contributed by atoms with Gasteiger partial charge in [0.25, 0.3) is 0 Å². The van der Waals surface area contributed by atoms with Gasteiger partial charge in [0.15, 0.2) is 0 Å². The molecule has 1 unspecified atom stereocenters. The molecule has 1 amide bonds. The van der Waals surface area contributed by atoms with Crippen molar-refractivity contribution >= 4 is 12.0 Å². The lowest BCUT2D eigenvalue weighted by molar-refractivity contribution is -0.117. The summed E-state index contributed by atoms with van der Waals surface area (Å²) in [6, 6.07) is 8.61. The molecule has 27 heavy (non-hydrogen) atoms. The first-order chi connectivity index (χ1) is 13.1. The summed E-state index contributed by atoms with van der Waals surface area (Å²) in [5.41, 5.74) is 6.84. The molecule has 1 N–H and O–H groups in total. The summed E-state index contributed by atoms with van der Waals surface area (Å²) in [4.78, 5) is 16.6. The summed E-state index contributed by atoms with van der Waals surface area (Å²) in [7, 11) is 1.88. The minimum Gasteiger partial charge on any atom is -0.349 e. The van der Waals surface area contributed by atoms with Crippen LogP contribution < -0.4 is 5.32 Å². The Labute approximate surface area is 158 Å². The molecule has 0 aliphatic heterocycles. The quantitative estimate of drug-likeness (QED) is 0.729. The van der Waals surface area contributed by atoms with Gasteiger partial charge in [-0.1, -0.05) is 23.8 Å². The summed E-state index contributed by atoms with van der Waals surface area (Å²) in [5, 5.41) is 7.33. The molecule has 4 rings (SSSR count). The second-order valence-electron chi connectivity index (χ2n) is 7.08. The Balaban J connectivity index is 1.44. The number of hydrogen-bond donors (Lipinski definition) is 1. The van der Waals surface area contributed by atoms with Crippen LogP contribution >= 0.6 is 0 Å². The summed E-state index contributed by atoms with van der Waals surface area (Å²) in [5.74, 6) is -0.0782. The molecule has 1 atom stereocenters. The predicted molar refractivity (Wildman–Crippen MR) is 106 cm³/mol. The normalized spacial score (nSPS) is 15.9. The van der Waals surface area contributed by atoms with Crippen LogP contribution in [0, 0.1) is 6.92 Å². The van der Waals surface area contributed by atoms with Crippen molar-refractivity contribution in [2.75, 3.05) is 0 Å². The first-order valence-electron chi connectivity index (χ1n) is 9.08. The lowest BCUT2D eigenvalue weighted by atomic mass is 10.0. The van der Waals surface area contributed by atoms with E-state index in [1.54, 1.807) is 23.2 Å². The van der Waals surface area contributed by atoms with Gasteiger partial charge in [0.2, 0.25) is 5.91 Å². The van der Waals surface area contributed by atoms with Gasteiger partial charge in [0, 0.05) is 48.9 Å². The molecule has 5 heteroatoms. The van der Waals surface area contributed by atoms with Crippen molar-refractivity contribution in [3.8, 4) is 11.1 Å². The van der Waals surface area contributed by atoms with Crippen LogP contribution in [-0.4, -0.2) is 26.7 Å². The Morgan fingerprint density at radius 3 is 2.89 bits per heavy atom. The van der Waals surface area contributed by atoms with Crippen molar-refractivity contribution in [2.24, 2.45) is 7.05 Å². The van der Waals surface area contributed by atoms with Gasteiger partial charge in [-0.3, -0.25) is 14.5 Å². The molecule has 2 heterocycles. The monoisotopic (exact) mass is 358 g/mol. The van der Waals surface area contributed by atoms with Crippen molar-refractivity contribution in [3.63, 3.8) is 0 Å². The number of nitrogens with zero attached hydrogens (tertiary/aromatic N) is 3. The zero-order valence-corrected chi connectivity index (χ0v) is 15.5. The second kappa shape index (κ2) is 7.19. The fourth-order valence-electron chi connectivity index (χ4n) is 3.63. The smallest absolute Gasteiger partial charge is 0.244 e. The molecule has 0 bridgehead atoms. The molecule has 5 nitrogen and oxygen atoms in total. The molecule has 3 aromatic rings. The van der Waals surface area contributed by atoms with Gasteiger partial charge in [-0.05, 0) is 48.6 Å². The maximum absolute atomic E-state index is 12.4. The maximum atomic E-state index is 12.4. The third-order valence-electron chi connectivity index (χ3n) is 4.92. The SMILES string of the molecule is Cc1ccc2c(c1)CC(NC(=O)/C=C/c1cnccc1-c1cnn(C)c1)C2. The number of carbonyl (C=O) groups excluding carboxylic acids is 1. The Morgan fingerprint density at radius 1 is 1.22 bits per heavy atom. The summed E-state index contributed by atoms with van der Waals surface area (Å²) in [6.45, 7) is 2.10. The number of benzene rings is 1. The highest BCUT2D eigenvalue weighted by Gasteiger charge is 2.22. The van der Waals surface area contributed by atoms with Crippen LogP contribution in [0.4, 0.5) is 0 Å². The van der Waals surface area contributed by atoms with E-state index in [1.807, 2.05) is 31.6 Å². The van der Waals surface area contributed by atoms with Crippen molar-refractivity contribution < 1.29 is 4.79 Å². The van der Waals surface area contributed by atoms with E-state index in [1.165, 1.54) is 16.7 Å². The van der Waals surface area contributed by atoms with E-state index in [0.717, 1.165) is 29.5 Å². The number of carbonyl (C=O) groups is 1. The summed E-state index contributed by atoms with van der Waals surface area (Å²) < 4.78 is 1.76. The molecule has 1 aliphatic rings. The van der Waals surface area contributed by atoms with Crippen LogP contribution in [0.15, 0.2) is 55.1 Å². The minimum atomic E-state index is -0.0782. The molecule has 0 radical (unpaired) electrons. The minimum absolute atomic E-state index is 0.0782. The van der Waals surface area contributed by atoms with Crippen LogP contribution in [0.2, 0.25) is 0 Å². The molecule has 0 saturated carbocycles. The lowest BCUT2D eigenvalue weighted by Gasteiger charge is -2.10. The maximum Gasteiger partial charge on any atom is 0.244 e. The molecule has 0 saturated heterocycles. The third-order valence-corrected chi connectivity index (χ3v) is 4.92. The number of hydrogen-bond acceptors (Lipinski definition) is 3. The Morgan fingerprint density at radius 2 is 2.07 bits per heavy atom. The van der Waals surface area contributed by atoms with Crippen molar-refractivity contribution in [1.82, 2.24) is 20.1 Å². The van der Waals surface area contributed by atoms with Gasteiger partial charge in [0.05, 0.1) is 6.20 Å². The average molecular weight is 358 g/mol. The van der Waals surface area contributed by atoms with E-state index in [9.17, 15) is 4.79 Å². The number of amides is 1. The molecule has 2 aromatic heterocycles. The van der Waals surface area contributed by atoms with Gasteiger partial charge in [-0.2, -0.15) is 5.10 Å². The summed E-state index contributed by atoms with van der Waals surface area (Å²) >= 11 is 0. The fourth-order valence-corrected chi connectivity index (χ4v) is 3.63. The lowest BCUT2D eigenvalue weighted by Crippen LogP contribution is -2.34. The van der Waals surface area contributed by atoms with Crippen LogP contribution in [-0.2, 0) is 24.7 Å². The Kier molecular flexibility index (Phi) is 4.59. The fraction of sp³-hybridized carbons (Fsp3) is 0.227. The molecule has 0 fully saturated rings. The van der Waals surface area contributed by atoms with Gasteiger partial charge < -0.3 is 5.32 Å². The first-order valence-corrected chi connectivity index (χ1v) is 9.08. The summed E-state index contributed by atoms with van der Waals surface area (Å²) in [6.07, 6.45) is 12.5. The number of nitrogens with one attached hydrogen (secondary N) is 1. The largest absolute Gasteiger partial charge is 0.349 e. The van der Waals surface area contributed by atoms with Gasteiger partial charge in [-0.15, -0.1) is 0 Å². The van der Waals surface area contributed by atoms with Gasteiger partial charge in [0.1, 0.15) is 0 Å².